The number of guanidine groups is 1. The first-order chi connectivity index (χ1) is 13.4. The van der Waals surface area contributed by atoms with Crippen LogP contribution in [0.5, 0.6) is 0 Å². The Labute approximate surface area is 197 Å². The van der Waals surface area contributed by atoms with Gasteiger partial charge in [0.1, 0.15) is 5.54 Å². The Kier molecular flexibility index (Phi) is 20.7. The van der Waals surface area contributed by atoms with Gasteiger partial charge in [-0.05, 0) is 18.8 Å². The minimum atomic E-state index is -0.851. The molecule has 6 heteroatoms. The van der Waals surface area contributed by atoms with Crippen molar-refractivity contribution in [1.29, 1.82) is 5.41 Å². The van der Waals surface area contributed by atoms with Crippen LogP contribution in [0.15, 0.2) is 0 Å². The Morgan fingerprint density at radius 1 is 0.897 bits per heavy atom. The topological polar surface area (TPSA) is 88.2 Å². The second-order valence-electron chi connectivity index (χ2n) is 8.65. The van der Waals surface area contributed by atoms with Crippen LogP contribution in [0.3, 0.4) is 0 Å². The normalized spacial score (nSPS) is 11.2. The van der Waals surface area contributed by atoms with Gasteiger partial charge in [-0.25, -0.2) is 4.79 Å². The van der Waals surface area contributed by atoms with E-state index in [2.05, 4.69) is 19.2 Å². The molecule has 0 fully saturated rings. The quantitative estimate of drug-likeness (QED) is 0.0785. The summed E-state index contributed by atoms with van der Waals surface area (Å²) < 4.78 is 5.61. The van der Waals surface area contributed by atoms with Crippen molar-refractivity contribution in [3.8, 4) is 0 Å². The maximum atomic E-state index is 13.0. The molecule has 0 aromatic heterocycles. The number of nitrogens with one attached hydrogen (secondary N) is 2. The first-order valence-corrected chi connectivity index (χ1v) is 11.7. The molecule has 5 nitrogen and oxygen atoms in total. The van der Waals surface area contributed by atoms with Crippen LogP contribution in [0.1, 0.15) is 118 Å². The molecule has 2 radical (unpaired) electrons. The summed E-state index contributed by atoms with van der Waals surface area (Å²) in [5.74, 6) is -0.0842. The molecule has 0 atom stereocenters. The van der Waals surface area contributed by atoms with Gasteiger partial charge >= 0.3 is 29.9 Å². The van der Waals surface area contributed by atoms with Crippen LogP contribution in [-0.2, 0) is 9.53 Å². The number of rotatable bonds is 18. The second-order valence-corrected chi connectivity index (χ2v) is 8.65. The van der Waals surface area contributed by atoms with E-state index in [1.807, 2.05) is 13.8 Å². The van der Waals surface area contributed by atoms with E-state index in [0.717, 1.165) is 25.7 Å². The molecule has 0 amide bonds. The molecule has 0 heterocycles. The number of hydrogen-bond acceptors (Lipinski definition) is 3. The Morgan fingerprint density at radius 2 is 1.31 bits per heavy atom. The number of nitrogens with two attached hydrogens (primary N) is 1. The molecule has 0 aliphatic carbocycles. The summed E-state index contributed by atoms with van der Waals surface area (Å²) >= 11 is 0. The summed E-state index contributed by atoms with van der Waals surface area (Å²) in [5, 5.41) is 10.8. The van der Waals surface area contributed by atoms with Gasteiger partial charge in [0.2, 0.25) is 0 Å². The molecule has 0 saturated heterocycles. The Hall–Kier alpha value is -0.461. The first kappa shape index (κ1) is 30.7. The van der Waals surface area contributed by atoms with Gasteiger partial charge in [0.05, 0.1) is 6.61 Å². The van der Waals surface area contributed by atoms with Crippen LogP contribution < -0.4 is 11.1 Å². The summed E-state index contributed by atoms with van der Waals surface area (Å²) in [4.78, 5) is 13.0. The van der Waals surface area contributed by atoms with Gasteiger partial charge in [-0.1, -0.05) is 105 Å². The monoisotopic (exact) mass is 519 g/mol. The van der Waals surface area contributed by atoms with Gasteiger partial charge in [-0.3, -0.25) is 5.41 Å². The summed E-state index contributed by atoms with van der Waals surface area (Å²) in [6.07, 6.45) is 15.4. The maximum absolute atomic E-state index is 13.0. The summed E-state index contributed by atoms with van der Waals surface area (Å²) in [5.41, 5.74) is 4.83. The van der Waals surface area contributed by atoms with E-state index in [1.54, 1.807) is 0 Å². The van der Waals surface area contributed by atoms with Gasteiger partial charge < -0.3 is 15.8 Å². The van der Waals surface area contributed by atoms with E-state index in [9.17, 15) is 4.79 Å². The Bertz CT molecular complexity index is 401. The van der Waals surface area contributed by atoms with Crippen molar-refractivity contribution in [2.24, 2.45) is 11.7 Å². The van der Waals surface area contributed by atoms with Crippen molar-refractivity contribution in [2.45, 2.75) is 123 Å². The van der Waals surface area contributed by atoms with Crippen molar-refractivity contribution < 1.29 is 9.53 Å². The van der Waals surface area contributed by atoms with Crippen molar-refractivity contribution in [3.63, 3.8) is 0 Å². The van der Waals surface area contributed by atoms with Crippen LogP contribution in [0.4, 0.5) is 0 Å². The van der Waals surface area contributed by atoms with E-state index >= 15 is 0 Å². The van der Waals surface area contributed by atoms with Crippen LogP contribution in [-0.4, -0.2) is 48.0 Å². The predicted molar refractivity (Wildman–Crippen MR) is 128 cm³/mol. The molecule has 0 spiro atoms. The summed E-state index contributed by atoms with van der Waals surface area (Å²) in [6, 6.07) is 0. The fraction of sp³-hybridized carbons (Fsp3) is 0.913. The number of unbranched alkanes of at least 4 members (excludes halogenated alkanes) is 10. The molecule has 4 N–H and O–H groups in total. The molecule has 0 aromatic carbocycles. The average Bonchev–Trinajstić information content (AvgIpc) is 2.64. The third-order valence-corrected chi connectivity index (χ3v) is 5.23. The van der Waals surface area contributed by atoms with Gasteiger partial charge in [-0.2, -0.15) is 0 Å². The molecular formula is C23H49N3O2Sn. The predicted octanol–water partition coefficient (Wildman–Crippen LogP) is 4.99. The van der Waals surface area contributed by atoms with E-state index in [1.165, 1.54) is 51.4 Å². The third kappa shape index (κ3) is 16.0. The molecule has 0 aromatic rings. The standard InChI is InChI=1S/C23H47N3O2.Sn.2H/c1-5-7-9-11-13-15-17-23(26-22(24)25,21(27)28-19-20(3)4)18-16-14-12-10-8-6-2;;;/h20H,5-19H2,1-4H3,(H4,24,25,26);;;. The van der Waals surface area contributed by atoms with Crippen LogP contribution in [0.25, 0.3) is 0 Å². The van der Waals surface area contributed by atoms with E-state index in [0.29, 0.717) is 25.4 Å². The third-order valence-electron chi connectivity index (χ3n) is 5.23. The molecule has 0 bridgehead atoms. The number of esters is 1. The fourth-order valence-corrected chi connectivity index (χ4v) is 3.56. The zero-order chi connectivity index (χ0) is 21.3. The van der Waals surface area contributed by atoms with E-state index in [4.69, 9.17) is 15.9 Å². The fourth-order valence-electron chi connectivity index (χ4n) is 3.56. The first-order valence-electron chi connectivity index (χ1n) is 11.7. The van der Waals surface area contributed by atoms with Crippen molar-refractivity contribution in [1.82, 2.24) is 5.32 Å². The van der Waals surface area contributed by atoms with Gasteiger partial charge in [-0.15, -0.1) is 0 Å². The summed E-state index contributed by atoms with van der Waals surface area (Å²) in [6.45, 7) is 8.91. The van der Waals surface area contributed by atoms with Crippen LogP contribution in [0.2, 0.25) is 0 Å². The SMILES string of the molecule is CCCCCCCCC(CCCCCCCC)(NC(=N)N)C(=O)OCC(C)C.[SnH2]. The molecule has 0 aliphatic heterocycles. The average molecular weight is 518 g/mol. The molecule has 172 valence electrons. The Morgan fingerprint density at radius 3 is 1.69 bits per heavy atom. The zero-order valence-corrected chi connectivity index (χ0v) is 23.8. The van der Waals surface area contributed by atoms with Crippen molar-refractivity contribution in [2.75, 3.05) is 6.61 Å². The van der Waals surface area contributed by atoms with Crippen LogP contribution >= 0.6 is 0 Å². The molecule has 0 rings (SSSR count). The van der Waals surface area contributed by atoms with Gasteiger partial charge in [0.15, 0.2) is 5.96 Å². The second kappa shape index (κ2) is 19.5. The molecular weight excluding hydrogens is 469 g/mol. The zero-order valence-electron chi connectivity index (χ0n) is 19.8. The molecule has 0 unspecified atom stereocenters. The van der Waals surface area contributed by atoms with E-state index < -0.39 is 5.54 Å². The summed E-state index contributed by atoms with van der Waals surface area (Å²) in [7, 11) is 0. The van der Waals surface area contributed by atoms with Gasteiger partial charge in [0.25, 0.3) is 0 Å². The van der Waals surface area contributed by atoms with E-state index in [-0.39, 0.29) is 35.8 Å². The number of ether oxygens (including phenoxy) is 1. The molecule has 0 saturated carbocycles. The van der Waals surface area contributed by atoms with Crippen LogP contribution in [0, 0.1) is 11.3 Å². The number of hydrogen-bond donors (Lipinski definition) is 3. The number of carbonyl (C=O) groups excluding carboxylic acids is 1. The molecule has 29 heavy (non-hydrogen) atoms. The Balaban J connectivity index is 0. The van der Waals surface area contributed by atoms with Crippen molar-refractivity contribution >= 4 is 35.8 Å². The van der Waals surface area contributed by atoms with Gasteiger partial charge in [0, 0.05) is 0 Å². The number of carbonyl (C=O) groups is 1. The van der Waals surface area contributed by atoms with Crippen molar-refractivity contribution in [3.05, 3.63) is 0 Å². The molecule has 0 aliphatic rings. The minimum absolute atomic E-state index is 0.